The first-order chi connectivity index (χ1) is 12.6. The highest BCUT2D eigenvalue weighted by molar-refractivity contribution is 5.92. The fourth-order valence-corrected chi connectivity index (χ4v) is 3.00. The molecule has 9 nitrogen and oxygen atoms in total. The maximum atomic E-state index is 11.8. The normalized spacial score (nSPS) is 17.4. The standard InChI is InChI=1S/C17H19N7O2.ClH/c1-23-8-7-19-10-14(23)16-20-17(26-22-16)12-9-13(15(18)25)24(21-12)11-5-3-2-4-6-11;/h2-6,9,14,19H,7-8,10H2,1H3,(H2,18,25);1H. The number of para-hydroxylation sites is 1. The van der Waals surface area contributed by atoms with Crippen molar-refractivity contribution < 1.29 is 9.32 Å². The number of primary amides is 1. The van der Waals surface area contributed by atoms with Gasteiger partial charge in [0, 0.05) is 25.7 Å². The number of carbonyl (C=O) groups is 1. The Morgan fingerprint density at radius 2 is 2.11 bits per heavy atom. The van der Waals surface area contributed by atoms with Crippen molar-refractivity contribution in [3.63, 3.8) is 0 Å². The minimum atomic E-state index is -0.580. The molecule has 1 unspecified atom stereocenters. The van der Waals surface area contributed by atoms with Crippen molar-refractivity contribution in [2.45, 2.75) is 6.04 Å². The van der Waals surface area contributed by atoms with Gasteiger partial charge in [-0.2, -0.15) is 10.1 Å². The minimum Gasteiger partial charge on any atom is -0.364 e. The summed E-state index contributed by atoms with van der Waals surface area (Å²) < 4.78 is 6.87. The first-order valence-corrected chi connectivity index (χ1v) is 8.33. The van der Waals surface area contributed by atoms with E-state index in [2.05, 4.69) is 25.5 Å². The lowest BCUT2D eigenvalue weighted by Gasteiger charge is -2.30. The Labute approximate surface area is 161 Å². The number of likely N-dealkylation sites (N-methyl/N-ethyl adjacent to an activating group) is 1. The van der Waals surface area contributed by atoms with Crippen LogP contribution in [0, 0.1) is 0 Å². The van der Waals surface area contributed by atoms with Crippen LogP contribution >= 0.6 is 12.4 Å². The Balaban J connectivity index is 0.00000210. The fourth-order valence-electron chi connectivity index (χ4n) is 3.00. The molecule has 27 heavy (non-hydrogen) atoms. The zero-order valence-corrected chi connectivity index (χ0v) is 15.5. The van der Waals surface area contributed by atoms with Gasteiger partial charge in [0.05, 0.1) is 11.7 Å². The molecule has 0 aliphatic carbocycles. The van der Waals surface area contributed by atoms with Crippen LogP contribution in [-0.4, -0.2) is 57.4 Å². The van der Waals surface area contributed by atoms with E-state index in [4.69, 9.17) is 10.3 Å². The number of halogens is 1. The van der Waals surface area contributed by atoms with Crippen molar-refractivity contribution in [2.24, 2.45) is 5.73 Å². The lowest BCUT2D eigenvalue weighted by Crippen LogP contribution is -2.44. The summed E-state index contributed by atoms with van der Waals surface area (Å²) in [7, 11) is 2.02. The fraction of sp³-hybridized carbons (Fsp3) is 0.294. The molecule has 2 aromatic heterocycles. The first kappa shape index (κ1) is 19.0. The van der Waals surface area contributed by atoms with Gasteiger partial charge in [0.25, 0.3) is 11.8 Å². The van der Waals surface area contributed by atoms with Crippen molar-refractivity contribution in [3.05, 3.63) is 47.9 Å². The molecule has 10 heteroatoms. The van der Waals surface area contributed by atoms with Crippen molar-refractivity contribution in [2.75, 3.05) is 26.7 Å². The van der Waals surface area contributed by atoms with E-state index in [1.54, 1.807) is 6.07 Å². The molecule has 1 aromatic carbocycles. The van der Waals surface area contributed by atoms with Gasteiger partial charge in [0.2, 0.25) is 0 Å². The number of nitrogens with zero attached hydrogens (tertiary/aromatic N) is 5. The lowest BCUT2D eigenvalue weighted by molar-refractivity contribution is 0.0993. The molecule has 1 aliphatic rings. The lowest BCUT2D eigenvalue weighted by atomic mass is 10.2. The number of amides is 1. The Bertz CT molecular complexity index is 925. The highest BCUT2D eigenvalue weighted by Gasteiger charge is 2.26. The molecule has 1 atom stereocenters. The molecule has 0 radical (unpaired) electrons. The first-order valence-electron chi connectivity index (χ1n) is 8.33. The number of hydrogen-bond donors (Lipinski definition) is 2. The van der Waals surface area contributed by atoms with Gasteiger partial charge in [0.1, 0.15) is 5.69 Å². The van der Waals surface area contributed by atoms with Gasteiger partial charge >= 0.3 is 0 Å². The molecule has 142 valence electrons. The largest absolute Gasteiger partial charge is 0.364 e. The van der Waals surface area contributed by atoms with Crippen LogP contribution in [0.5, 0.6) is 0 Å². The summed E-state index contributed by atoms with van der Waals surface area (Å²) in [5.41, 5.74) is 6.89. The number of hydrogen-bond acceptors (Lipinski definition) is 7. The van der Waals surface area contributed by atoms with Gasteiger partial charge in [-0.05, 0) is 19.2 Å². The molecule has 4 rings (SSSR count). The molecule has 0 spiro atoms. The molecule has 1 fully saturated rings. The van der Waals surface area contributed by atoms with Gasteiger partial charge < -0.3 is 15.6 Å². The number of nitrogens with two attached hydrogens (primary N) is 1. The number of nitrogens with one attached hydrogen (secondary N) is 1. The van der Waals surface area contributed by atoms with Crippen LogP contribution in [0.25, 0.3) is 17.3 Å². The molecule has 3 heterocycles. The average Bonchev–Trinajstić information content (AvgIpc) is 3.30. The van der Waals surface area contributed by atoms with Crippen LogP contribution in [0.3, 0.4) is 0 Å². The third kappa shape index (κ3) is 3.70. The smallest absolute Gasteiger partial charge is 0.278 e. The van der Waals surface area contributed by atoms with Crippen molar-refractivity contribution in [1.82, 2.24) is 30.1 Å². The molecule has 3 N–H and O–H groups in total. The monoisotopic (exact) mass is 389 g/mol. The van der Waals surface area contributed by atoms with Crippen LogP contribution in [0.15, 0.2) is 40.9 Å². The van der Waals surface area contributed by atoms with E-state index >= 15 is 0 Å². The second-order valence-electron chi connectivity index (χ2n) is 6.18. The summed E-state index contributed by atoms with van der Waals surface area (Å²) in [6.45, 7) is 2.59. The van der Waals surface area contributed by atoms with E-state index < -0.39 is 5.91 Å². The summed E-state index contributed by atoms with van der Waals surface area (Å²) in [5.74, 6) is 0.268. The SMILES string of the molecule is CN1CCNCC1c1noc(-c2cc(C(N)=O)n(-c3ccccc3)n2)n1.Cl. The number of rotatable bonds is 4. The van der Waals surface area contributed by atoms with Gasteiger partial charge in [-0.15, -0.1) is 12.4 Å². The Hall–Kier alpha value is -2.75. The topological polar surface area (TPSA) is 115 Å². The summed E-state index contributed by atoms with van der Waals surface area (Å²) in [4.78, 5) is 18.5. The minimum absolute atomic E-state index is 0. The zero-order chi connectivity index (χ0) is 18.1. The zero-order valence-electron chi connectivity index (χ0n) is 14.7. The highest BCUT2D eigenvalue weighted by Crippen LogP contribution is 2.24. The second kappa shape index (κ2) is 7.87. The number of piperazine rings is 1. The van der Waals surface area contributed by atoms with E-state index in [1.807, 2.05) is 37.4 Å². The van der Waals surface area contributed by atoms with Gasteiger partial charge in [0.15, 0.2) is 11.5 Å². The predicted molar refractivity (Wildman–Crippen MR) is 101 cm³/mol. The van der Waals surface area contributed by atoms with E-state index in [0.29, 0.717) is 11.5 Å². The number of carbonyl (C=O) groups excluding carboxylic acids is 1. The van der Waals surface area contributed by atoms with Crippen molar-refractivity contribution >= 4 is 18.3 Å². The molecule has 1 aliphatic heterocycles. The molecular formula is C17H20ClN7O2. The second-order valence-corrected chi connectivity index (χ2v) is 6.18. The third-order valence-corrected chi connectivity index (χ3v) is 4.43. The van der Waals surface area contributed by atoms with Crippen LogP contribution in [0.2, 0.25) is 0 Å². The molecule has 1 saturated heterocycles. The summed E-state index contributed by atoms with van der Waals surface area (Å²) in [6, 6.07) is 10.9. The molecule has 3 aromatic rings. The van der Waals surface area contributed by atoms with E-state index in [9.17, 15) is 4.79 Å². The Morgan fingerprint density at radius 1 is 1.33 bits per heavy atom. The van der Waals surface area contributed by atoms with Crippen molar-refractivity contribution in [3.8, 4) is 17.3 Å². The predicted octanol–water partition coefficient (Wildman–Crippen LogP) is 1.02. The van der Waals surface area contributed by atoms with Crippen LogP contribution in [0.1, 0.15) is 22.4 Å². The molecular weight excluding hydrogens is 370 g/mol. The van der Waals surface area contributed by atoms with E-state index in [-0.39, 0.29) is 30.0 Å². The Morgan fingerprint density at radius 3 is 2.81 bits per heavy atom. The summed E-state index contributed by atoms with van der Waals surface area (Å²) >= 11 is 0. The summed E-state index contributed by atoms with van der Waals surface area (Å²) in [6.07, 6.45) is 0. The highest BCUT2D eigenvalue weighted by atomic mass is 35.5. The maximum Gasteiger partial charge on any atom is 0.278 e. The summed E-state index contributed by atoms with van der Waals surface area (Å²) in [5, 5.41) is 11.8. The van der Waals surface area contributed by atoms with E-state index in [0.717, 1.165) is 25.3 Å². The quantitative estimate of drug-likeness (QED) is 0.684. The molecule has 0 bridgehead atoms. The van der Waals surface area contributed by atoms with Crippen LogP contribution in [-0.2, 0) is 0 Å². The molecule has 1 amide bonds. The van der Waals surface area contributed by atoms with Gasteiger partial charge in [-0.3, -0.25) is 9.69 Å². The third-order valence-electron chi connectivity index (χ3n) is 4.43. The number of benzene rings is 1. The van der Waals surface area contributed by atoms with Crippen molar-refractivity contribution in [1.29, 1.82) is 0 Å². The van der Waals surface area contributed by atoms with E-state index in [1.165, 1.54) is 4.68 Å². The van der Waals surface area contributed by atoms with Gasteiger partial charge in [-0.1, -0.05) is 23.4 Å². The maximum absolute atomic E-state index is 11.8. The van der Waals surface area contributed by atoms with Gasteiger partial charge in [-0.25, -0.2) is 4.68 Å². The number of aromatic nitrogens is 4. The Kier molecular flexibility index (Phi) is 5.54. The van der Waals surface area contributed by atoms with Crippen LogP contribution in [0.4, 0.5) is 0 Å². The molecule has 0 saturated carbocycles. The van der Waals surface area contributed by atoms with Crippen LogP contribution < -0.4 is 11.1 Å². The average molecular weight is 390 g/mol.